The molecule has 1 unspecified atom stereocenters. The molecular formula is C22H30N4O. The Kier molecular flexibility index (Phi) is 4.04. The van der Waals surface area contributed by atoms with Crippen molar-refractivity contribution in [1.82, 2.24) is 19.4 Å². The van der Waals surface area contributed by atoms with Crippen molar-refractivity contribution >= 4 is 16.9 Å². The van der Waals surface area contributed by atoms with Crippen LogP contribution in [0.15, 0.2) is 24.3 Å². The molecule has 2 saturated heterocycles. The zero-order valence-corrected chi connectivity index (χ0v) is 16.5. The fourth-order valence-electron chi connectivity index (χ4n) is 5.40. The predicted octanol–water partition coefficient (Wildman–Crippen LogP) is 3.74. The summed E-state index contributed by atoms with van der Waals surface area (Å²) in [6.07, 6.45) is 6.68. The Bertz CT molecular complexity index is 868. The number of piperidine rings is 1. The highest BCUT2D eigenvalue weighted by atomic mass is 16.2. The highest BCUT2D eigenvalue weighted by Crippen LogP contribution is 2.42. The third-order valence-corrected chi connectivity index (χ3v) is 6.78. The first kappa shape index (κ1) is 17.2. The highest BCUT2D eigenvalue weighted by molar-refractivity contribution is 5.88. The van der Waals surface area contributed by atoms with Crippen LogP contribution < -0.4 is 0 Å². The van der Waals surface area contributed by atoms with Crippen molar-refractivity contribution in [2.24, 2.45) is 0 Å². The SMILES string of the molecule is CC(C)n1c(CN2CCCC23CCCN(C2CC2)C3=O)nc2ccccc21. The van der Waals surface area contributed by atoms with E-state index in [1.165, 1.54) is 18.4 Å². The number of carbonyl (C=O) groups is 1. The van der Waals surface area contributed by atoms with E-state index in [0.29, 0.717) is 18.0 Å². The molecule has 3 heterocycles. The molecule has 0 N–H and O–H groups in total. The summed E-state index contributed by atoms with van der Waals surface area (Å²) in [5.74, 6) is 1.50. The summed E-state index contributed by atoms with van der Waals surface area (Å²) in [5, 5.41) is 0. The van der Waals surface area contributed by atoms with E-state index in [4.69, 9.17) is 4.98 Å². The van der Waals surface area contributed by atoms with E-state index in [-0.39, 0.29) is 5.54 Å². The van der Waals surface area contributed by atoms with Crippen molar-refractivity contribution in [2.75, 3.05) is 13.1 Å². The van der Waals surface area contributed by atoms with Crippen molar-refractivity contribution in [3.63, 3.8) is 0 Å². The van der Waals surface area contributed by atoms with Gasteiger partial charge in [0, 0.05) is 18.6 Å². The lowest BCUT2D eigenvalue weighted by molar-refractivity contribution is -0.148. The molecule has 0 radical (unpaired) electrons. The molecule has 3 fully saturated rings. The van der Waals surface area contributed by atoms with Crippen molar-refractivity contribution < 1.29 is 4.79 Å². The van der Waals surface area contributed by atoms with E-state index in [9.17, 15) is 4.79 Å². The molecule has 1 saturated carbocycles. The molecule has 144 valence electrons. The summed E-state index contributed by atoms with van der Waals surface area (Å²) in [4.78, 5) is 23.1. The second-order valence-corrected chi connectivity index (χ2v) is 8.87. The number of para-hydroxylation sites is 2. The fraction of sp³-hybridized carbons (Fsp3) is 0.636. The molecule has 5 nitrogen and oxygen atoms in total. The quantitative estimate of drug-likeness (QED) is 0.828. The predicted molar refractivity (Wildman–Crippen MR) is 106 cm³/mol. The number of aromatic nitrogens is 2. The van der Waals surface area contributed by atoms with Gasteiger partial charge in [-0.2, -0.15) is 0 Å². The van der Waals surface area contributed by atoms with Gasteiger partial charge >= 0.3 is 0 Å². The van der Waals surface area contributed by atoms with Gasteiger partial charge in [0.2, 0.25) is 5.91 Å². The minimum absolute atomic E-state index is 0.277. The number of nitrogens with zero attached hydrogens (tertiary/aromatic N) is 4. The van der Waals surface area contributed by atoms with Gasteiger partial charge in [-0.3, -0.25) is 9.69 Å². The third kappa shape index (κ3) is 2.70. The van der Waals surface area contributed by atoms with Gasteiger partial charge in [-0.05, 0) is 71.0 Å². The lowest BCUT2D eigenvalue weighted by Gasteiger charge is -2.44. The van der Waals surface area contributed by atoms with Crippen LogP contribution in [0.1, 0.15) is 64.2 Å². The fourth-order valence-corrected chi connectivity index (χ4v) is 5.40. The number of imidazole rings is 1. The third-order valence-electron chi connectivity index (χ3n) is 6.78. The monoisotopic (exact) mass is 366 g/mol. The first-order valence-electron chi connectivity index (χ1n) is 10.6. The maximum Gasteiger partial charge on any atom is 0.243 e. The normalized spacial score (nSPS) is 26.8. The zero-order valence-electron chi connectivity index (χ0n) is 16.5. The number of rotatable bonds is 4. The molecular weight excluding hydrogens is 336 g/mol. The average molecular weight is 367 g/mol. The summed E-state index contributed by atoms with van der Waals surface area (Å²) in [5.41, 5.74) is 1.98. The van der Waals surface area contributed by atoms with Gasteiger partial charge in [0.25, 0.3) is 0 Å². The molecule has 1 aromatic carbocycles. The molecule has 27 heavy (non-hydrogen) atoms. The standard InChI is InChI=1S/C22H30N4O/c1-16(2)26-19-8-4-3-7-18(19)23-20(26)15-24-13-5-11-22(24)12-6-14-25(21(22)27)17-9-10-17/h3-4,7-8,16-17H,5-6,9-15H2,1-2H3. The molecule has 5 rings (SSSR count). The van der Waals surface area contributed by atoms with Crippen molar-refractivity contribution in [3.05, 3.63) is 30.1 Å². The van der Waals surface area contributed by atoms with Crippen molar-refractivity contribution in [1.29, 1.82) is 0 Å². The van der Waals surface area contributed by atoms with Crippen LogP contribution in [-0.4, -0.2) is 49.9 Å². The van der Waals surface area contributed by atoms with Crippen LogP contribution in [0.25, 0.3) is 11.0 Å². The number of benzene rings is 1. The van der Waals surface area contributed by atoms with E-state index >= 15 is 0 Å². The van der Waals surface area contributed by atoms with Crippen molar-refractivity contribution in [3.8, 4) is 0 Å². The van der Waals surface area contributed by atoms with E-state index in [0.717, 1.165) is 56.7 Å². The van der Waals surface area contributed by atoms with Gasteiger partial charge < -0.3 is 9.47 Å². The molecule has 0 bridgehead atoms. The second kappa shape index (κ2) is 6.33. The smallest absolute Gasteiger partial charge is 0.243 e. The largest absolute Gasteiger partial charge is 0.338 e. The van der Waals surface area contributed by atoms with Gasteiger partial charge in [0.15, 0.2) is 0 Å². The number of likely N-dealkylation sites (tertiary alicyclic amines) is 2. The lowest BCUT2D eigenvalue weighted by atomic mass is 9.85. The van der Waals surface area contributed by atoms with Gasteiger partial charge in [0.05, 0.1) is 17.6 Å². The summed E-state index contributed by atoms with van der Waals surface area (Å²) in [6.45, 7) is 7.18. The van der Waals surface area contributed by atoms with E-state index < -0.39 is 0 Å². The van der Waals surface area contributed by atoms with Crippen LogP contribution in [0.2, 0.25) is 0 Å². The molecule has 2 aliphatic heterocycles. The summed E-state index contributed by atoms with van der Waals surface area (Å²) < 4.78 is 2.35. The van der Waals surface area contributed by atoms with Gasteiger partial charge in [-0.1, -0.05) is 12.1 Å². The van der Waals surface area contributed by atoms with Crippen LogP contribution >= 0.6 is 0 Å². The Morgan fingerprint density at radius 1 is 1.15 bits per heavy atom. The summed E-state index contributed by atoms with van der Waals surface area (Å²) in [6, 6.07) is 9.28. The molecule has 1 amide bonds. The average Bonchev–Trinajstić information content (AvgIpc) is 3.32. The number of fused-ring (bicyclic) bond motifs is 1. The maximum atomic E-state index is 13.5. The summed E-state index contributed by atoms with van der Waals surface area (Å²) >= 11 is 0. The minimum Gasteiger partial charge on any atom is -0.338 e. The van der Waals surface area contributed by atoms with E-state index in [1.807, 2.05) is 0 Å². The molecule has 5 heteroatoms. The van der Waals surface area contributed by atoms with Crippen LogP contribution in [0, 0.1) is 0 Å². The minimum atomic E-state index is -0.277. The van der Waals surface area contributed by atoms with Gasteiger partial charge in [-0.15, -0.1) is 0 Å². The first-order valence-corrected chi connectivity index (χ1v) is 10.6. The molecule has 1 atom stereocenters. The highest BCUT2D eigenvalue weighted by Gasteiger charge is 2.53. The molecule has 2 aromatic rings. The Labute approximate surface area is 161 Å². The van der Waals surface area contributed by atoms with E-state index in [2.05, 4.69) is 52.5 Å². The zero-order chi connectivity index (χ0) is 18.6. The lowest BCUT2D eigenvalue weighted by Crippen LogP contribution is -2.60. The summed E-state index contributed by atoms with van der Waals surface area (Å²) in [7, 11) is 0. The van der Waals surface area contributed by atoms with Crippen LogP contribution in [0.3, 0.4) is 0 Å². The number of amides is 1. The van der Waals surface area contributed by atoms with E-state index in [1.54, 1.807) is 0 Å². The Hall–Kier alpha value is -1.88. The topological polar surface area (TPSA) is 41.4 Å². The maximum absolute atomic E-state index is 13.5. The molecule has 3 aliphatic rings. The van der Waals surface area contributed by atoms with Crippen molar-refractivity contribution in [2.45, 2.75) is 76.5 Å². The first-order chi connectivity index (χ1) is 13.1. The number of hydrogen-bond donors (Lipinski definition) is 0. The Morgan fingerprint density at radius 3 is 2.63 bits per heavy atom. The number of hydrogen-bond acceptors (Lipinski definition) is 3. The number of carbonyl (C=O) groups excluding carboxylic acids is 1. The molecule has 1 spiro atoms. The van der Waals surface area contributed by atoms with Crippen LogP contribution in [-0.2, 0) is 11.3 Å². The van der Waals surface area contributed by atoms with Crippen LogP contribution in [0.4, 0.5) is 0 Å². The molecule has 1 aromatic heterocycles. The van der Waals surface area contributed by atoms with Gasteiger partial charge in [0.1, 0.15) is 11.4 Å². The Morgan fingerprint density at radius 2 is 1.89 bits per heavy atom. The van der Waals surface area contributed by atoms with Crippen LogP contribution in [0.5, 0.6) is 0 Å². The molecule has 1 aliphatic carbocycles. The Balaban J connectivity index is 1.49. The second-order valence-electron chi connectivity index (χ2n) is 8.87. The van der Waals surface area contributed by atoms with Gasteiger partial charge in [-0.25, -0.2) is 4.98 Å².